The van der Waals surface area contributed by atoms with Gasteiger partial charge in [-0.2, -0.15) is 23.6 Å². The number of hydrazine groups is 2. The molecule has 200 valence electrons. The number of anilines is 2. The third kappa shape index (κ3) is 4.08. The minimum Gasteiger partial charge on any atom is -0.381 e. The third-order valence-electron chi connectivity index (χ3n) is 6.10. The number of benzene rings is 1. The summed E-state index contributed by atoms with van der Waals surface area (Å²) in [4.78, 5) is 48.3. The number of fused-ring (bicyclic) bond motifs is 1. The van der Waals surface area contributed by atoms with Crippen LogP contribution in [0.1, 0.15) is 12.5 Å². The van der Waals surface area contributed by atoms with Crippen LogP contribution in [0.25, 0.3) is 0 Å². The summed E-state index contributed by atoms with van der Waals surface area (Å²) in [5.41, 5.74) is 0.526. The highest BCUT2D eigenvalue weighted by molar-refractivity contribution is 6.37. The summed E-state index contributed by atoms with van der Waals surface area (Å²) in [6.07, 6.45) is -5.55. The SMILES string of the molecule is CN(c1ncc(C(F)(F)F)cc1Cl)N1C(=O)[C@@H]2C([C@@]3(C)NC(=O)N(c4ccc(Cl)cc4Cl)N3)=NO[C@@H]2C1=O. The molecule has 11 nitrogen and oxygen atoms in total. The number of oxime groups is 1. The topological polar surface area (TPSA) is 119 Å². The largest absolute Gasteiger partial charge is 0.417 e. The molecule has 0 aliphatic carbocycles. The van der Waals surface area contributed by atoms with E-state index in [0.29, 0.717) is 22.3 Å². The number of urea groups is 1. The van der Waals surface area contributed by atoms with Gasteiger partial charge < -0.3 is 10.2 Å². The molecule has 5 rings (SSSR count). The van der Waals surface area contributed by atoms with Gasteiger partial charge in [-0.15, -0.1) is 0 Å². The minimum atomic E-state index is -4.69. The van der Waals surface area contributed by atoms with E-state index in [2.05, 4.69) is 20.9 Å². The van der Waals surface area contributed by atoms with Gasteiger partial charge in [0.2, 0.25) is 6.10 Å². The summed E-state index contributed by atoms with van der Waals surface area (Å²) < 4.78 is 39.0. The normalized spacial score (nSPS) is 24.9. The first-order valence-corrected chi connectivity index (χ1v) is 11.8. The summed E-state index contributed by atoms with van der Waals surface area (Å²) >= 11 is 18.2. The molecular weight excluding hydrogens is 578 g/mol. The lowest BCUT2D eigenvalue weighted by atomic mass is 9.91. The van der Waals surface area contributed by atoms with Crippen LogP contribution in [0.15, 0.2) is 35.6 Å². The zero-order valence-corrected chi connectivity index (χ0v) is 21.4. The second kappa shape index (κ2) is 8.86. The molecule has 17 heteroatoms. The molecule has 38 heavy (non-hydrogen) atoms. The van der Waals surface area contributed by atoms with Crippen molar-refractivity contribution < 1.29 is 32.4 Å². The quantitative estimate of drug-likeness (QED) is 0.521. The monoisotopic (exact) mass is 591 g/mol. The Kier molecular flexibility index (Phi) is 6.13. The van der Waals surface area contributed by atoms with E-state index in [0.717, 1.165) is 10.0 Å². The molecule has 4 heterocycles. The predicted octanol–water partition coefficient (Wildman–Crippen LogP) is 3.60. The molecule has 2 fully saturated rings. The number of imide groups is 1. The average Bonchev–Trinajstić information content (AvgIpc) is 3.46. The van der Waals surface area contributed by atoms with Crippen LogP contribution in [0, 0.1) is 5.92 Å². The van der Waals surface area contributed by atoms with Gasteiger partial charge in [-0.1, -0.05) is 40.0 Å². The van der Waals surface area contributed by atoms with Gasteiger partial charge in [-0.25, -0.2) is 14.8 Å². The fraction of sp³-hybridized carbons (Fsp3) is 0.286. The van der Waals surface area contributed by atoms with Gasteiger partial charge in [0.15, 0.2) is 11.5 Å². The van der Waals surface area contributed by atoms with Crippen LogP contribution in [-0.2, 0) is 20.6 Å². The number of nitrogens with zero attached hydrogens (tertiary/aromatic N) is 5. The molecule has 3 aliphatic rings. The number of amides is 4. The van der Waals surface area contributed by atoms with Gasteiger partial charge in [0.05, 0.1) is 21.3 Å². The number of carbonyl (C=O) groups excluding carboxylic acids is 3. The van der Waals surface area contributed by atoms with Crippen LogP contribution in [0.4, 0.5) is 29.5 Å². The molecular formula is C21H15Cl3F3N7O4. The molecule has 3 aliphatic heterocycles. The number of carbonyl (C=O) groups is 3. The second-order valence-corrected chi connectivity index (χ2v) is 9.87. The second-order valence-electron chi connectivity index (χ2n) is 8.62. The van der Waals surface area contributed by atoms with E-state index in [1.165, 1.54) is 32.2 Å². The lowest BCUT2D eigenvalue weighted by Gasteiger charge is -2.29. The number of hydrogen-bond acceptors (Lipinski definition) is 8. The first-order chi connectivity index (χ1) is 17.7. The fourth-order valence-electron chi connectivity index (χ4n) is 4.31. The van der Waals surface area contributed by atoms with Gasteiger partial charge in [0.25, 0.3) is 11.8 Å². The summed E-state index contributed by atoms with van der Waals surface area (Å²) in [7, 11) is 1.23. The van der Waals surface area contributed by atoms with E-state index in [4.69, 9.17) is 39.6 Å². The Bertz CT molecular complexity index is 1420. The van der Waals surface area contributed by atoms with Crippen LogP contribution in [0.5, 0.6) is 0 Å². The maximum Gasteiger partial charge on any atom is 0.417 e. The Labute approximate surface area is 227 Å². The van der Waals surface area contributed by atoms with E-state index in [1.54, 1.807) is 0 Å². The fourth-order valence-corrected chi connectivity index (χ4v) is 5.09. The Morgan fingerprint density at radius 1 is 1.11 bits per heavy atom. The van der Waals surface area contributed by atoms with Crippen molar-refractivity contribution in [1.82, 2.24) is 20.7 Å². The van der Waals surface area contributed by atoms with Crippen molar-refractivity contribution in [3.8, 4) is 0 Å². The summed E-state index contributed by atoms with van der Waals surface area (Å²) in [6, 6.07) is 4.44. The number of rotatable bonds is 4. The van der Waals surface area contributed by atoms with E-state index in [9.17, 15) is 27.6 Å². The maximum atomic E-state index is 13.4. The van der Waals surface area contributed by atoms with E-state index >= 15 is 0 Å². The van der Waals surface area contributed by atoms with Crippen molar-refractivity contribution in [2.75, 3.05) is 17.1 Å². The lowest BCUT2D eigenvalue weighted by molar-refractivity contribution is -0.143. The molecule has 2 aromatic rings. The van der Waals surface area contributed by atoms with Crippen molar-refractivity contribution in [2.45, 2.75) is 24.9 Å². The third-order valence-corrected chi connectivity index (χ3v) is 6.92. The maximum absolute atomic E-state index is 13.4. The highest BCUT2D eigenvalue weighted by atomic mass is 35.5. The van der Waals surface area contributed by atoms with Crippen molar-refractivity contribution in [2.24, 2.45) is 11.1 Å². The number of nitrogens with one attached hydrogen (secondary N) is 2. The molecule has 0 spiro atoms. The van der Waals surface area contributed by atoms with Gasteiger partial charge in [0.1, 0.15) is 11.6 Å². The van der Waals surface area contributed by atoms with Gasteiger partial charge in [-0.05, 0) is 31.2 Å². The Morgan fingerprint density at radius 3 is 2.45 bits per heavy atom. The zero-order chi connectivity index (χ0) is 27.7. The number of alkyl halides is 3. The summed E-state index contributed by atoms with van der Waals surface area (Å²) in [5, 5.41) is 9.29. The number of aromatic nitrogens is 1. The van der Waals surface area contributed by atoms with Crippen LogP contribution < -0.4 is 20.8 Å². The summed E-state index contributed by atoms with van der Waals surface area (Å²) in [5.74, 6) is -3.24. The van der Waals surface area contributed by atoms with Crippen LogP contribution in [0.3, 0.4) is 0 Å². The van der Waals surface area contributed by atoms with Gasteiger partial charge in [0, 0.05) is 18.3 Å². The van der Waals surface area contributed by atoms with Gasteiger partial charge >= 0.3 is 12.2 Å². The highest BCUT2D eigenvalue weighted by Gasteiger charge is 2.62. The Balaban J connectivity index is 1.41. The first kappa shape index (κ1) is 26.3. The molecule has 2 N–H and O–H groups in total. The highest BCUT2D eigenvalue weighted by Crippen LogP contribution is 2.39. The van der Waals surface area contributed by atoms with E-state index in [1.807, 2.05) is 0 Å². The molecule has 0 saturated carbocycles. The minimum absolute atomic E-state index is 0.0239. The van der Waals surface area contributed by atoms with Gasteiger partial charge in [-0.3, -0.25) is 14.6 Å². The molecule has 1 aromatic heterocycles. The van der Waals surface area contributed by atoms with Crippen LogP contribution in [-0.4, -0.2) is 52.4 Å². The van der Waals surface area contributed by atoms with Crippen molar-refractivity contribution >= 4 is 69.9 Å². The molecule has 0 bridgehead atoms. The van der Waals surface area contributed by atoms with Crippen molar-refractivity contribution in [1.29, 1.82) is 0 Å². The number of halogens is 6. The summed E-state index contributed by atoms with van der Waals surface area (Å²) in [6.45, 7) is 1.50. The average molecular weight is 593 g/mol. The lowest BCUT2D eigenvalue weighted by Crippen LogP contribution is -2.58. The Morgan fingerprint density at radius 2 is 1.82 bits per heavy atom. The number of hydrogen-bond donors (Lipinski definition) is 2. The molecule has 2 saturated heterocycles. The molecule has 3 atom stereocenters. The molecule has 1 aromatic carbocycles. The number of pyridine rings is 1. The van der Waals surface area contributed by atoms with Crippen molar-refractivity contribution in [3.63, 3.8) is 0 Å². The van der Waals surface area contributed by atoms with E-state index in [-0.39, 0.29) is 22.2 Å². The smallest absolute Gasteiger partial charge is 0.381 e. The molecule has 0 unspecified atom stereocenters. The zero-order valence-electron chi connectivity index (χ0n) is 19.2. The van der Waals surface area contributed by atoms with Crippen molar-refractivity contribution in [3.05, 3.63) is 51.1 Å². The van der Waals surface area contributed by atoms with E-state index < -0.39 is 52.3 Å². The Hall–Kier alpha value is -3.33. The standard InChI is InChI=1S/C21H15Cl3F3N7O4/c1-20(29-19(37)33(31-20)12-4-3-9(22)6-10(12)23)15-13-14(38-30-15)18(36)34(17(13)35)32(2)16-11(24)5-8(7-28-16)21(25,26)27/h3-7,13-14,31H,1-2H3,(H,29,37)/t13-,14-,20-/m0/s1. The first-order valence-electron chi connectivity index (χ1n) is 10.7. The molecule has 4 amide bonds. The van der Waals surface area contributed by atoms with Crippen LogP contribution in [0.2, 0.25) is 15.1 Å². The molecule has 0 radical (unpaired) electrons. The van der Waals surface area contributed by atoms with Crippen LogP contribution >= 0.6 is 34.8 Å². The predicted molar refractivity (Wildman–Crippen MR) is 129 cm³/mol.